The van der Waals surface area contributed by atoms with Gasteiger partial charge in [-0.15, -0.1) is 0 Å². The number of hydrogen-bond donors (Lipinski definition) is 2. The molecule has 0 aliphatic heterocycles. The van der Waals surface area contributed by atoms with Crippen molar-refractivity contribution >= 4 is 10.0 Å². The topological polar surface area (TPSA) is 84.9 Å². The van der Waals surface area contributed by atoms with Crippen LogP contribution in [0.25, 0.3) is 0 Å². The van der Waals surface area contributed by atoms with Gasteiger partial charge in [0, 0.05) is 18.7 Å². The van der Waals surface area contributed by atoms with E-state index in [-0.39, 0.29) is 29.2 Å². The van der Waals surface area contributed by atoms with E-state index in [0.29, 0.717) is 5.75 Å². The first-order valence-electron chi connectivity index (χ1n) is 6.87. The summed E-state index contributed by atoms with van der Waals surface area (Å²) in [5, 5.41) is 9.30. The SMILES string of the molecule is COc1ccc(S(=O)(=O)NC2CCCC2CO)c(OC)c1. The fourth-order valence-electron chi connectivity index (χ4n) is 2.67. The van der Waals surface area contributed by atoms with E-state index in [2.05, 4.69) is 4.72 Å². The fraction of sp³-hybridized carbons (Fsp3) is 0.571. The molecule has 6 nitrogen and oxygen atoms in total. The minimum atomic E-state index is -3.70. The number of ether oxygens (including phenoxy) is 2. The Morgan fingerprint density at radius 3 is 2.67 bits per heavy atom. The number of nitrogens with one attached hydrogen (secondary N) is 1. The maximum absolute atomic E-state index is 12.5. The summed E-state index contributed by atoms with van der Waals surface area (Å²) in [5.74, 6) is 0.740. The highest BCUT2D eigenvalue weighted by Gasteiger charge is 2.32. The molecule has 0 saturated heterocycles. The molecule has 0 spiro atoms. The van der Waals surface area contributed by atoms with Gasteiger partial charge in [-0.1, -0.05) is 6.42 Å². The Balaban J connectivity index is 2.27. The van der Waals surface area contributed by atoms with Gasteiger partial charge in [-0.2, -0.15) is 0 Å². The number of aliphatic hydroxyl groups is 1. The van der Waals surface area contributed by atoms with Crippen LogP contribution in [0, 0.1) is 5.92 Å². The molecule has 2 unspecified atom stereocenters. The summed E-state index contributed by atoms with van der Waals surface area (Å²) in [6.45, 7) is -0.00701. The summed E-state index contributed by atoms with van der Waals surface area (Å²) in [5.41, 5.74) is 0. The Hall–Kier alpha value is -1.31. The number of aliphatic hydroxyl groups excluding tert-OH is 1. The van der Waals surface area contributed by atoms with Gasteiger partial charge in [0.1, 0.15) is 16.4 Å². The number of hydrogen-bond acceptors (Lipinski definition) is 5. The van der Waals surface area contributed by atoms with E-state index in [1.54, 1.807) is 6.07 Å². The van der Waals surface area contributed by atoms with Gasteiger partial charge in [0.25, 0.3) is 0 Å². The smallest absolute Gasteiger partial charge is 0.244 e. The normalized spacial score (nSPS) is 22.2. The number of sulfonamides is 1. The van der Waals surface area contributed by atoms with Crippen LogP contribution in [0.4, 0.5) is 0 Å². The first-order valence-corrected chi connectivity index (χ1v) is 8.35. The molecule has 2 atom stereocenters. The van der Waals surface area contributed by atoms with Crippen LogP contribution in [0.15, 0.2) is 23.1 Å². The van der Waals surface area contributed by atoms with E-state index in [1.165, 1.54) is 26.4 Å². The third-order valence-corrected chi connectivity index (χ3v) is 5.39. The first-order chi connectivity index (χ1) is 10.0. The zero-order chi connectivity index (χ0) is 15.5. The van der Waals surface area contributed by atoms with E-state index < -0.39 is 10.0 Å². The Labute approximate surface area is 125 Å². The van der Waals surface area contributed by atoms with Gasteiger partial charge in [-0.3, -0.25) is 0 Å². The van der Waals surface area contributed by atoms with Gasteiger partial charge < -0.3 is 14.6 Å². The van der Waals surface area contributed by atoms with E-state index in [4.69, 9.17) is 9.47 Å². The molecule has 21 heavy (non-hydrogen) atoms. The summed E-state index contributed by atoms with van der Waals surface area (Å²) >= 11 is 0. The number of benzene rings is 1. The Morgan fingerprint density at radius 2 is 2.05 bits per heavy atom. The van der Waals surface area contributed by atoms with Crippen LogP contribution in [0.3, 0.4) is 0 Å². The zero-order valence-electron chi connectivity index (χ0n) is 12.2. The minimum absolute atomic E-state index is 0.00701. The molecule has 118 valence electrons. The molecule has 2 rings (SSSR count). The van der Waals surface area contributed by atoms with Gasteiger partial charge in [-0.05, 0) is 30.9 Å². The molecule has 0 heterocycles. The lowest BCUT2D eigenvalue weighted by Gasteiger charge is -2.20. The van der Waals surface area contributed by atoms with Crippen molar-refractivity contribution in [1.29, 1.82) is 0 Å². The molecule has 1 aromatic carbocycles. The maximum atomic E-state index is 12.5. The van der Waals surface area contributed by atoms with Crippen molar-refractivity contribution in [2.45, 2.75) is 30.2 Å². The second kappa shape index (κ2) is 6.64. The lowest BCUT2D eigenvalue weighted by molar-refractivity contribution is 0.213. The fourth-order valence-corrected chi connectivity index (χ4v) is 4.16. The molecule has 1 saturated carbocycles. The lowest BCUT2D eigenvalue weighted by atomic mass is 10.1. The average molecular weight is 315 g/mol. The van der Waals surface area contributed by atoms with Crippen LogP contribution in [-0.4, -0.2) is 40.4 Å². The van der Waals surface area contributed by atoms with Crippen molar-refractivity contribution in [3.8, 4) is 11.5 Å². The molecule has 0 amide bonds. The number of methoxy groups -OCH3 is 2. The largest absolute Gasteiger partial charge is 0.497 e. The quantitative estimate of drug-likeness (QED) is 0.822. The third-order valence-electron chi connectivity index (χ3n) is 3.86. The van der Waals surface area contributed by atoms with Crippen molar-refractivity contribution in [2.24, 2.45) is 5.92 Å². The van der Waals surface area contributed by atoms with Crippen LogP contribution < -0.4 is 14.2 Å². The molecule has 1 aliphatic carbocycles. The average Bonchev–Trinajstić information content (AvgIpc) is 2.92. The molecular formula is C14H21NO5S. The highest BCUT2D eigenvalue weighted by atomic mass is 32.2. The van der Waals surface area contributed by atoms with Gasteiger partial charge in [0.2, 0.25) is 10.0 Å². The Bertz CT molecular complexity index is 587. The van der Waals surface area contributed by atoms with Crippen molar-refractivity contribution in [2.75, 3.05) is 20.8 Å². The summed E-state index contributed by atoms with van der Waals surface area (Å²) in [4.78, 5) is 0.0781. The number of rotatable bonds is 6. The second-order valence-corrected chi connectivity index (χ2v) is 6.80. The van der Waals surface area contributed by atoms with Crippen LogP contribution in [0.2, 0.25) is 0 Å². The molecular weight excluding hydrogens is 294 g/mol. The Morgan fingerprint density at radius 1 is 1.29 bits per heavy atom. The molecule has 1 aromatic rings. The molecule has 7 heteroatoms. The van der Waals surface area contributed by atoms with E-state index >= 15 is 0 Å². The summed E-state index contributed by atoms with van der Waals surface area (Å²) in [7, 11) is -0.774. The summed E-state index contributed by atoms with van der Waals surface area (Å²) in [6, 6.07) is 4.34. The van der Waals surface area contributed by atoms with Crippen molar-refractivity contribution in [3.63, 3.8) is 0 Å². The highest BCUT2D eigenvalue weighted by molar-refractivity contribution is 7.89. The minimum Gasteiger partial charge on any atom is -0.497 e. The highest BCUT2D eigenvalue weighted by Crippen LogP contribution is 2.31. The predicted octanol–water partition coefficient (Wildman–Crippen LogP) is 1.14. The van der Waals surface area contributed by atoms with Gasteiger partial charge in [0.05, 0.1) is 14.2 Å². The molecule has 1 aliphatic rings. The van der Waals surface area contributed by atoms with Gasteiger partial charge in [0.15, 0.2) is 0 Å². The Kier molecular flexibility index (Phi) is 5.08. The lowest BCUT2D eigenvalue weighted by Crippen LogP contribution is -2.38. The summed E-state index contributed by atoms with van der Waals surface area (Å²) < 4.78 is 37.9. The van der Waals surface area contributed by atoms with E-state index in [0.717, 1.165) is 19.3 Å². The van der Waals surface area contributed by atoms with Crippen molar-refractivity contribution in [3.05, 3.63) is 18.2 Å². The standard InChI is InChI=1S/C14H21NO5S/c1-19-11-6-7-14(13(8-11)20-2)21(17,18)15-12-5-3-4-10(12)9-16/h6-8,10,12,15-16H,3-5,9H2,1-2H3. The molecule has 1 fully saturated rings. The predicted molar refractivity (Wildman–Crippen MR) is 78.1 cm³/mol. The third kappa shape index (κ3) is 3.48. The maximum Gasteiger partial charge on any atom is 0.244 e. The molecule has 0 bridgehead atoms. The molecule has 0 aromatic heterocycles. The van der Waals surface area contributed by atoms with Crippen molar-refractivity contribution < 1.29 is 23.0 Å². The van der Waals surface area contributed by atoms with Crippen LogP contribution in [0.1, 0.15) is 19.3 Å². The monoisotopic (exact) mass is 315 g/mol. The van der Waals surface area contributed by atoms with Gasteiger partial charge >= 0.3 is 0 Å². The van der Waals surface area contributed by atoms with Gasteiger partial charge in [-0.25, -0.2) is 13.1 Å². The van der Waals surface area contributed by atoms with Crippen LogP contribution >= 0.6 is 0 Å². The van der Waals surface area contributed by atoms with Crippen LogP contribution in [-0.2, 0) is 10.0 Å². The second-order valence-electron chi connectivity index (χ2n) is 5.12. The first kappa shape index (κ1) is 16.1. The van der Waals surface area contributed by atoms with E-state index in [1.807, 2.05) is 0 Å². The molecule has 2 N–H and O–H groups in total. The zero-order valence-corrected chi connectivity index (χ0v) is 13.0. The molecule has 0 radical (unpaired) electrons. The van der Waals surface area contributed by atoms with Crippen LogP contribution in [0.5, 0.6) is 11.5 Å². The van der Waals surface area contributed by atoms with E-state index in [9.17, 15) is 13.5 Å². The van der Waals surface area contributed by atoms with Crippen molar-refractivity contribution in [1.82, 2.24) is 4.72 Å². The summed E-state index contributed by atoms with van der Waals surface area (Å²) in [6.07, 6.45) is 2.49.